The van der Waals surface area contributed by atoms with Crippen molar-refractivity contribution in [2.75, 3.05) is 12.0 Å². The molecule has 0 bridgehead atoms. The molecule has 0 aliphatic carbocycles. The number of aliphatic hydroxyl groups excluding tert-OH is 1. The lowest BCUT2D eigenvalue weighted by Crippen LogP contribution is -2.57. The number of carboxylic acids is 1. The number of hydrogen-bond donors (Lipinski definition) is 7. The normalized spacial score (nSPS) is 15.8. The molecule has 13 heteroatoms. The second-order valence-corrected chi connectivity index (χ2v) is 8.01. The molecule has 1 heterocycles. The summed E-state index contributed by atoms with van der Waals surface area (Å²) in [6, 6.07) is -4.46. The minimum Gasteiger partial charge on any atom is -0.480 e. The first-order valence-electron chi connectivity index (χ1n) is 9.60. The maximum atomic E-state index is 12.7. The van der Waals surface area contributed by atoms with Crippen LogP contribution in [0.1, 0.15) is 26.0 Å². The van der Waals surface area contributed by atoms with Gasteiger partial charge in [-0.2, -0.15) is 11.8 Å². The fourth-order valence-corrected chi connectivity index (χ4v) is 2.96. The van der Waals surface area contributed by atoms with Gasteiger partial charge in [-0.3, -0.25) is 14.4 Å². The zero-order valence-electron chi connectivity index (χ0n) is 17.6. The summed E-state index contributed by atoms with van der Waals surface area (Å²) in [4.78, 5) is 55.3. The molecule has 5 atom stereocenters. The largest absolute Gasteiger partial charge is 0.480 e. The van der Waals surface area contributed by atoms with Crippen molar-refractivity contribution in [3.05, 3.63) is 18.2 Å². The van der Waals surface area contributed by atoms with Gasteiger partial charge in [0.2, 0.25) is 17.7 Å². The van der Waals surface area contributed by atoms with Gasteiger partial charge in [-0.1, -0.05) is 0 Å². The highest BCUT2D eigenvalue weighted by atomic mass is 32.2. The second-order valence-electron chi connectivity index (χ2n) is 7.02. The number of aliphatic hydroxyl groups is 1. The Balaban J connectivity index is 2.78. The molecule has 0 fully saturated rings. The lowest BCUT2D eigenvalue weighted by molar-refractivity contribution is -0.142. The predicted molar refractivity (Wildman–Crippen MR) is 114 cm³/mol. The zero-order chi connectivity index (χ0) is 23.6. The summed E-state index contributed by atoms with van der Waals surface area (Å²) in [5.74, 6) is -2.72. The van der Waals surface area contributed by atoms with Crippen LogP contribution < -0.4 is 21.7 Å². The first-order valence-corrected chi connectivity index (χ1v) is 11.0. The second kappa shape index (κ2) is 12.9. The molecular weight excluding hydrogens is 428 g/mol. The van der Waals surface area contributed by atoms with E-state index in [4.69, 9.17) is 5.73 Å². The van der Waals surface area contributed by atoms with Crippen LogP contribution in [-0.4, -0.2) is 86.2 Å². The minimum absolute atomic E-state index is 0.00599. The van der Waals surface area contributed by atoms with E-state index in [1.807, 2.05) is 6.26 Å². The van der Waals surface area contributed by atoms with Gasteiger partial charge in [0.1, 0.15) is 24.2 Å². The SMILES string of the molecule is CSCCC(NC(=O)C(C)NC(=O)C(N)C(C)O)C(=O)NC(Cc1cnc[nH]1)C(=O)O. The molecule has 0 saturated carbocycles. The molecule has 0 aliphatic rings. The summed E-state index contributed by atoms with van der Waals surface area (Å²) in [7, 11) is 0. The number of carboxylic acid groups (broad SMARTS) is 1. The molecule has 1 aromatic rings. The van der Waals surface area contributed by atoms with Gasteiger partial charge in [0, 0.05) is 18.3 Å². The van der Waals surface area contributed by atoms with Gasteiger partial charge in [0.05, 0.1) is 12.4 Å². The van der Waals surface area contributed by atoms with E-state index in [2.05, 4.69) is 25.9 Å². The number of aromatic nitrogens is 2. The van der Waals surface area contributed by atoms with Gasteiger partial charge in [0.15, 0.2) is 0 Å². The number of carbonyl (C=O) groups is 4. The smallest absolute Gasteiger partial charge is 0.326 e. The van der Waals surface area contributed by atoms with Gasteiger partial charge < -0.3 is 36.9 Å². The summed E-state index contributed by atoms with van der Waals surface area (Å²) in [5, 5.41) is 26.1. The summed E-state index contributed by atoms with van der Waals surface area (Å²) in [6.07, 6.45) is 3.83. The molecule has 1 rings (SSSR count). The number of nitrogens with one attached hydrogen (secondary N) is 4. The Labute approximate surface area is 184 Å². The molecule has 0 aliphatic heterocycles. The maximum absolute atomic E-state index is 12.7. The topological polar surface area (TPSA) is 200 Å². The number of aromatic amines is 1. The quantitative estimate of drug-likeness (QED) is 0.174. The van der Waals surface area contributed by atoms with Crippen molar-refractivity contribution in [3.63, 3.8) is 0 Å². The number of hydrogen-bond acceptors (Lipinski definition) is 8. The van der Waals surface area contributed by atoms with E-state index in [9.17, 15) is 29.4 Å². The van der Waals surface area contributed by atoms with Crippen LogP contribution in [0.4, 0.5) is 0 Å². The Hall–Kier alpha value is -2.64. The van der Waals surface area contributed by atoms with Crippen molar-refractivity contribution in [2.24, 2.45) is 5.73 Å². The highest BCUT2D eigenvalue weighted by Gasteiger charge is 2.29. The van der Waals surface area contributed by atoms with Gasteiger partial charge in [-0.05, 0) is 32.3 Å². The van der Waals surface area contributed by atoms with Crippen LogP contribution in [0.3, 0.4) is 0 Å². The van der Waals surface area contributed by atoms with Crippen molar-refractivity contribution in [1.29, 1.82) is 0 Å². The molecule has 3 amide bonds. The van der Waals surface area contributed by atoms with E-state index < -0.39 is 54.0 Å². The van der Waals surface area contributed by atoms with E-state index in [1.54, 1.807) is 0 Å². The highest BCUT2D eigenvalue weighted by Crippen LogP contribution is 2.05. The zero-order valence-corrected chi connectivity index (χ0v) is 18.4. The number of amides is 3. The van der Waals surface area contributed by atoms with Gasteiger partial charge in [0.25, 0.3) is 0 Å². The van der Waals surface area contributed by atoms with Crippen molar-refractivity contribution in [3.8, 4) is 0 Å². The Morgan fingerprint density at radius 2 is 1.77 bits per heavy atom. The lowest BCUT2D eigenvalue weighted by atomic mass is 10.1. The van der Waals surface area contributed by atoms with Crippen LogP contribution >= 0.6 is 11.8 Å². The number of nitrogens with two attached hydrogens (primary N) is 1. The van der Waals surface area contributed by atoms with Crippen molar-refractivity contribution in [1.82, 2.24) is 25.9 Å². The number of thioether (sulfide) groups is 1. The minimum atomic E-state index is -1.23. The maximum Gasteiger partial charge on any atom is 0.326 e. The van der Waals surface area contributed by atoms with Gasteiger partial charge in [-0.15, -0.1) is 0 Å². The van der Waals surface area contributed by atoms with Crippen LogP contribution in [0, 0.1) is 0 Å². The fraction of sp³-hybridized carbons (Fsp3) is 0.611. The summed E-state index contributed by atoms with van der Waals surface area (Å²) >= 11 is 1.45. The third-order valence-electron chi connectivity index (χ3n) is 4.41. The molecule has 5 unspecified atom stereocenters. The summed E-state index contributed by atoms with van der Waals surface area (Å²) in [6.45, 7) is 2.75. The molecule has 0 aromatic carbocycles. The fourth-order valence-electron chi connectivity index (χ4n) is 2.48. The molecule has 174 valence electrons. The van der Waals surface area contributed by atoms with Crippen LogP contribution in [0.2, 0.25) is 0 Å². The number of rotatable bonds is 13. The average molecular weight is 459 g/mol. The molecule has 0 radical (unpaired) electrons. The molecule has 0 saturated heterocycles. The number of imidazole rings is 1. The van der Waals surface area contributed by atoms with Crippen molar-refractivity contribution < 1.29 is 29.4 Å². The van der Waals surface area contributed by atoms with E-state index in [1.165, 1.54) is 38.1 Å². The van der Waals surface area contributed by atoms with E-state index in [0.29, 0.717) is 11.4 Å². The molecule has 1 aromatic heterocycles. The summed E-state index contributed by atoms with van der Waals surface area (Å²) in [5.41, 5.74) is 6.07. The first-order chi connectivity index (χ1) is 14.6. The van der Waals surface area contributed by atoms with Gasteiger partial charge in [-0.25, -0.2) is 9.78 Å². The number of nitrogens with zero attached hydrogens (tertiary/aromatic N) is 1. The van der Waals surface area contributed by atoms with Gasteiger partial charge >= 0.3 is 5.97 Å². The first kappa shape index (κ1) is 26.4. The third-order valence-corrected chi connectivity index (χ3v) is 5.06. The monoisotopic (exact) mass is 458 g/mol. The lowest BCUT2D eigenvalue weighted by Gasteiger charge is -2.24. The average Bonchev–Trinajstić information content (AvgIpc) is 3.22. The number of aliphatic carboxylic acids is 1. The predicted octanol–water partition coefficient (Wildman–Crippen LogP) is -2.03. The highest BCUT2D eigenvalue weighted by molar-refractivity contribution is 7.98. The van der Waals surface area contributed by atoms with E-state index >= 15 is 0 Å². The molecule has 12 nitrogen and oxygen atoms in total. The standard InChI is InChI=1S/C18H30N6O6S/c1-9(22-17(28)14(19)10(2)25)15(26)23-12(4-5-31-3)16(27)24-13(18(29)30)6-11-7-20-8-21-11/h7-10,12-14,25H,4-6,19H2,1-3H3,(H,20,21)(H,22,28)(H,23,26)(H,24,27)(H,29,30). The Morgan fingerprint density at radius 3 is 2.29 bits per heavy atom. The molecule has 8 N–H and O–H groups in total. The van der Waals surface area contributed by atoms with E-state index in [0.717, 1.165) is 0 Å². The Bertz CT molecular complexity index is 744. The number of carbonyl (C=O) groups excluding carboxylic acids is 3. The molecule has 31 heavy (non-hydrogen) atoms. The van der Waals surface area contributed by atoms with Crippen LogP contribution in [0.15, 0.2) is 12.5 Å². The van der Waals surface area contributed by atoms with Crippen LogP contribution in [-0.2, 0) is 25.6 Å². The third kappa shape index (κ3) is 8.94. The Kier molecular flexibility index (Phi) is 11.0. The van der Waals surface area contributed by atoms with Crippen molar-refractivity contribution >= 4 is 35.5 Å². The molecule has 0 spiro atoms. The number of H-pyrrole nitrogens is 1. The van der Waals surface area contributed by atoms with Crippen LogP contribution in [0.5, 0.6) is 0 Å². The van der Waals surface area contributed by atoms with E-state index in [-0.39, 0.29) is 12.8 Å². The Morgan fingerprint density at radius 1 is 1.13 bits per heavy atom. The summed E-state index contributed by atoms with van der Waals surface area (Å²) < 4.78 is 0. The van der Waals surface area contributed by atoms with Crippen molar-refractivity contribution in [2.45, 2.75) is 57.0 Å². The molecular formula is C18H30N6O6S. The van der Waals surface area contributed by atoms with Crippen LogP contribution in [0.25, 0.3) is 0 Å².